The molecule has 0 amide bonds. The summed E-state index contributed by atoms with van der Waals surface area (Å²) in [7, 11) is 1.76. The third kappa shape index (κ3) is 2.82. The van der Waals surface area contributed by atoms with Crippen molar-refractivity contribution >= 4 is 0 Å². The van der Waals surface area contributed by atoms with Gasteiger partial charge in [-0.15, -0.1) is 0 Å². The summed E-state index contributed by atoms with van der Waals surface area (Å²) in [5.41, 5.74) is 1.39. The average Bonchev–Trinajstić information content (AvgIpc) is 2.38. The van der Waals surface area contributed by atoms with Crippen molar-refractivity contribution in [1.29, 1.82) is 0 Å². The van der Waals surface area contributed by atoms with E-state index in [0.29, 0.717) is 6.04 Å². The number of hydrogen-bond donors (Lipinski definition) is 1. The molecular formula is C13H20N2O. The standard InChI is InChI=1S/C13H20N2O/c1-16-10-9-15-8-7-14-11-13(15)12-5-3-2-4-6-12/h2-6,13-14H,7-11H2,1H3/t13-/m1/s1. The molecule has 88 valence electrons. The fourth-order valence-corrected chi connectivity index (χ4v) is 2.23. The molecule has 0 unspecified atom stereocenters. The highest BCUT2D eigenvalue weighted by molar-refractivity contribution is 5.20. The Hall–Kier alpha value is -0.900. The summed E-state index contributed by atoms with van der Waals surface area (Å²) >= 11 is 0. The fraction of sp³-hybridized carbons (Fsp3) is 0.538. The molecular weight excluding hydrogens is 200 g/mol. The second kappa shape index (κ2) is 5.99. The molecule has 0 saturated carbocycles. The van der Waals surface area contributed by atoms with Crippen molar-refractivity contribution < 1.29 is 4.74 Å². The summed E-state index contributed by atoms with van der Waals surface area (Å²) in [6.07, 6.45) is 0. The van der Waals surface area contributed by atoms with Crippen molar-refractivity contribution in [2.45, 2.75) is 6.04 Å². The molecule has 1 N–H and O–H groups in total. The lowest BCUT2D eigenvalue weighted by Gasteiger charge is -2.36. The van der Waals surface area contributed by atoms with E-state index >= 15 is 0 Å². The Labute approximate surface area is 97.4 Å². The maximum Gasteiger partial charge on any atom is 0.0589 e. The lowest BCUT2D eigenvalue weighted by atomic mass is 10.0. The molecule has 0 spiro atoms. The van der Waals surface area contributed by atoms with Gasteiger partial charge < -0.3 is 10.1 Å². The molecule has 1 aromatic rings. The molecule has 1 aliphatic rings. The Morgan fingerprint density at radius 1 is 1.38 bits per heavy atom. The minimum Gasteiger partial charge on any atom is -0.383 e. The molecule has 1 fully saturated rings. The second-order valence-corrected chi connectivity index (χ2v) is 4.16. The molecule has 0 aromatic heterocycles. The minimum atomic E-state index is 0.491. The van der Waals surface area contributed by atoms with E-state index in [9.17, 15) is 0 Å². The topological polar surface area (TPSA) is 24.5 Å². The molecule has 1 heterocycles. The maximum absolute atomic E-state index is 5.17. The number of nitrogens with zero attached hydrogens (tertiary/aromatic N) is 1. The first-order valence-corrected chi connectivity index (χ1v) is 5.90. The zero-order valence-electron chi connectivity index (χ0n) is 9.86. The molecule has 3 heteroatoms. The van der Waals surface area contributed by atoms with Gasteiger partial charge in [-0.05, 0) is 5.56 Å². The van der Waals surface area contributed by atoms with Gasteiger partial charge in [0.25, 0.3) is 0 Å². The van der Waals surface area contributed by atoms with E-state index in [4.69, 9.17) is 4.74 Å². The largest absolute Gasteiger partial charge is 0.383 e. The molecule has 1 atom stereocenters. The maximum atomic E-state index is 5.17. The van der Waals surface area contributed by atoms with Crippen molar-refractivity contribution in [1.82, 2.24) is 10.2 Å². The molecule has 0 radical (unpaired) electrons. The number of benzene rings is 1. The summed E-state index contributed by atoms with van der Waals surface area (Å²) in [6.45, 7) is 5.03. The van der Waals surface area contributed by atoms with Crippen LogP contribution >= 0.6 is 0 Å². The minimum absolute atomic E-state index is 0.491. The number of piperazine rings is 1. The van der Waals surface area contributed by atoms with Crippen molar-refractivity contribution in [3.05, 3.63) is 35.9 Å². The number of ether oxygens (including phenoxy) is 1. The molecule has 0 aliphatic carbocycles. The molecule has 3 nitrogen and oxygen atoms in total. The van der Waals surface area contributed by atoms with Gasteiger partial charge in [0.05, 0.1) is 6.61 Å². The van der Waals surface area contributed by atoms with Gasteiger partial charge in [0.15, 0.2) is 0 Å². The van der Waals surface area contributed by atoms with E-state index in [1.54, 1.807) is 7.11 Å². The normalized spacial score (nSPS) is 22.2. The smallest absolute Gasteiger partial charge is 0.0589 e. The Bertz CT molecular complexity index is 302. The van der Waals surface area contributed by atoms with Gasteiger partial charge in [-0.3, -0.25) is 4.90 Å². The summed E-state index contributed by atoms with van der Waals surface area (Å²) in [5, 5.41) is 3.46. The highest BCUT2D eigenvalue weighted by Crippen LogP contribution is 2.21. The van der Waals surface area contributed by atoms with Crippen LogP contribution in [-0.4, -0.2) is 44.8 Å². The first-order chi connectivity index (χ1) is 7.92. The summed E-state index contributed by atoms with van der Waals surface area (Å²) in [4.78, 5) is 2.50. The van der Waals surface area contributed by atoms with Crippen LogP contribution in [0.2, 0.25) is 0 Å². The predicted octanol–water partition coefficient (Wildman–Crippen LogP) is 1.28. The van der Waals surface area contributed by atoms with Crippen LogP contribution in [0.5, 0.6) is 0 Å². The van der Waals surface area contributed by atoms with E-state index < -0.39 is 0 Å². The number of methoxy groups -OCH3 is 1. The Morgan fingerprint density at radius 2 is 2.19 bits per heavy atom. The lowest BCUT2D eigenvalue weighted by molar-refractivity contribution is 0.104. The zero-order chi connectivity index (χ0) is 11.2. The van der Waals surface area contributed by atoms with E-state index in [0.717, 1.165) is 32.8 Å². The summed E-state index contributed by atoms with van der Waals surface area (Å²) < 4.78 is 5.17. The second-order valence-electron chi connectivity index (χ2n) is 4.16. The van der Waals surface area contributed by atoms with E-state index in [2.05, 4.69) is 40.5 Å². The van der Waals surface area contributed by atoms with Gasteiger partial charge in [0.1, 0.15) is 0 Å². The number of rotatable bonds is 4. The Kier molecular flexibility index (Phi) is 4.34. The van der Waals surface area contributed by atoms with Gasteiger partial charge >= 0.3 is 0 Å². The third-order valence-corrected chi connectivity index (χ3v) is 3.12. The van der Waals surface area contributed by atoms with Gasteiger partial charge in [0.2, 0.25) is 0 Å². The van der Waals surface area contributed by atoms with Crippen LogP contribution in [0.4, 0.5) is 0 Å². The summed E-state index contributed by atoms with van der Waals surface area (Å²) in [6, 6.07) is 11.2. The van der Waals surface area contributed by atoms with Gasteiger partial charge in [-0.1, -0.05) is 30.3 Å². The molecule has 1 saturated heterocycles. The van der Waals surface area contributed by atoms with E-state index in [-0.39, 0.29) is 0 Å². The van der Waals surface area contributed by atoms with Gasteiger partial charge in [-0.25, -0.2) is 0 Å². The molecule has 1 aromatic carbocycles. The highest BCUT2D eigenvalue weighted by Gasteiger charge is 2.22. The predicted molar refractivity (Wildman–Crippen MR) is 65.5 cm³/mol. The summed E-state index contributed by atoms with van der Waals surface area (Å²) in [5.74, 6) is 0. The van der Waals surface area contributed by atoms with Crippen LogP contribution in [0.3, 0.4) is 0 Å². The quantitative estimate of drug-likeness (QED) is 0.827. The fourth-order valence-electron chi connectivity index (χ4n) is 2.23. The molecule has 1 aliphatic heterocycles. The van der Waals surface area contributed by atoms with Crippen LogP contribution in [0.1, 0.15) is 11.6 Å². The molecule has 16 heavy (non-hydrogen) atoms. The first-order valence-electron chi connectivity index (χ1n) is 5.90. The highest BCUT2D eigenvalue weighted by atomic mass is 16.5. The van der Waals surface area contributed by atoms with Crippen LogP contribution in [-0.2, 0) is 4.74 Å². The van der Waals surface area contributed by atoms with E-state index in [1.165, 1.54) is 5.56 Å². The molecule has 0 bridgehead atoms. The molecule has 2 rings (SSSR count). The third-order valence-electron chi connectivity index (χ3n) is 3.12. The van der Waals surface area contributed by atoms with E-state index in [1.807, 2.05) is 0 Å². The van der Waals surface area contributed by atoms with Crippen LogP contribution in [0, 0.1) is 0 Å². The van der Waals surface area contributed by atoms with Crippen molar-refractivity contribution in [2.24, 2.45) is 0 Å². The van der Waals surface area contributed by atoms with Crippen molar-refractivity contribution in [2.75, 3.05) is 39.9 Å². The number of nitrogens with one attached hydrogen (secondary N) is 1. The average molecular weight is 220 g/mol. The number of hydrogen-bond acceptors (Lipinski definition) is 3. The Balaban J connectivity index is 2.04. The van der Waals surface area contributed by atoms with Crippen molar-refractivity contribution in [3.8, 4) is 0 Å². The SMILES string of the molecule is COCCN1CCNC[C@@H]1c1ccccc1. The Morgan fingerprint density at radius 3 is 2.94 bits per heavy atom. The van der Waals surface area contributed by atoms with Crippen molar-refractivity contribution in [3.63, 3.8) is 0 Å². The zero-order valence-corrected chi connectivity index (χ0v) is 9.86. The van der Waals surface area contributed by atoms with Gasteiger partial charge in [0, 0.05) is 39.3 Å². The van der Waals surface area contributed by atoms with Crippen LogP contribution < -0.4 is 5.32 Å². The first kappa shape index (κ1) is 11.6. The van der Waals surface area contributed by atoms with Gasteiger partial charge in [-0.2, -0.15) is 0 Å². The lowest BCUT2D eigenvalue weighted by Crippen LogP contribution is -2.47. The van der Waals surface area contributed by atoms with Crippen LogP contribution in [0.25, 0.3) is 0 Å². The van der Waals surface area contributed by atoms with Crippen LogP contribution in [0.15, 0.2) is 30.3 Å². The monoisotopic (exact) mass is 220 g/mol.